The lowest BCUT2D eigenvalue weighted by molar-refractivity contribution is 1.16. The van der Waals surface area contributed by atoms with Gasteiger partial charge in [-0.15, -0.1) is 0 Å². The van der Waals surface area contributed by atoms with Gasteiger partial charge in [-0.3, -0.25) is 0 Å². The zero-order valence-electron chi connectivity index (χ0n) is 34.3. The van der Waals surface area contributed by atoms with E-state index in [-0.39, 0.29) is 0 Å². The van der Waals surface area contributed by atoms with Crippen molar-refractivity contribution in [3.05, 3.63) is 222 Å². The van der Waals surface area contributed by atoms with Crippen LogP contribution in [0.15, 0.2) is 215 Å². The Morgan fingerprint density at radius 2 is 1.15 bits per heavy atom. The SMILES string of the molecule is C=N/C(=N\C(=N/c1ccccc1-c1cc(-c2ccc3c(c2)c2c4cccc5c4c(cc2n3-c2ccccc2)Cc2ccccc2-5)ccc1NC)c1ccccc1)c1ccccc1. The van der Waals surface area contributed by atoms with Gasteiger partial charge in [-0.2, -0.15) is 0 Å². The number of benzene rings is 9. The number of rotatable bonds is 7. The van der Waals surface area contributed by atoms with E-state index in [9.17, 15) is 0 Å². The van der Waals surface area contributed by atoms with E-state index in [1.807, 2.05) is 73.8 Å². The van der Waals surface area contributed by atoms with Crippen LogP contribution in [-0.2, 0) is 6.42 Å². The third-order valence-electron chi connectivity index (χ3n) is 12.1. The van der Waals surface area contributed by atoms with E-state index >= 15 is 0 Å². The van der Waals surface area contributed by atoms with E-state index in [4.69, 9.17) is 9.98 Å². The first-order valence-electron chi connectivity index (χ1n) is 21.0. The maximum Gasteiger partial charge on any atom is 0.162 e. The minimum atomic E-state index is 0.509. The Bertz CT molecular complexity index is 3420. The van der Waals surface area contributed by atoms with Crippen LogP contribution in [0.5, 0.6) is 0 Å². The minimum absolute atomic E-state index is 0.509. The van der Waals surface area contributed by atoms with Crippen molar-refractivity contribution < 1.29 is 0 Å². The molecule has 1 aromatic heterocycles. The zero-order valence-corrected chi connectivity index (χ0v) is 34.3. The second-order valence-electron chi connectivity index (χ2n) is 15.7. The number of nitrogens with zero attached hydrogens (tertiary/aromatic N) is 4. The number of aromatic nitrogens is 1. The molecular weight excluding hydrogens is 755 g/mol. The summed E-state index contributed by atoms with van der Waals surface area (Å²) in [5.41, 5.74) is 16.8. The molecule has 1 N–H and O–H groups in total. The summed E-state index contributed by atoms with van der Waals surface area (Å²) in [4.78, 5) is 14.6. The van der Waals surface area contributed by atoms with E-state index < -0.39 is 0 Å². The molecule has 0 radical (unpaired) electrons. The van der Waals surface area contributed by atoms with Gasteiger partial charge < -0.3 is 9.88 Å². The maximum absolute atomic E-state index is 5.28. The molecule has 1 heterocycles. The van der Waals surface area contributed by atoms with Crippen LogP contribution < -0.4 is 5.32 Å². The highest BCUT2D eigenvalue weighted by molar-refractivity contribution is 6.25. The summed E-state index contributed by atoms with van der Waals surface area (Å²) in [6.07, 6.45) is 0.909. The summed E-state index contributed by atoms with van der Waals surface area (Å²) in [7, 11) is 1.97. The van der Waals surface area contributed by atoms with Crippen LogP contribution in [0.1, 0.15) is 22.3 Å². The molecule has 1 aliphatic carbocycles. The number of amidine groups is 2. The highest BCUT2D eigenvalue weighted by Crippen LogP contribution is 2.46. The Kier molecular flexibility index (Phi) is 9.20. The normalized spacial score (nSPS) is 12.5. The van der Waals surface area contributed by atoms with Gasteiger partial charge in [0.15, 0.2) is 11.7 Å². The number of para-hydroxylation sites is 2. The molecule has 11 rings (SSSR count). The molecule has 0 unspecified atom stereocenters. The average Bonchev–Trinajstić information content (AvgIpc) is 3.67. The number of nitrogens with one attached hydrogen (secondary N) is 1. The Morgan fingerprint density at radius 3 is 1.90 bits per heavy atom. The van der Waals surface area contributed by atoms with E-state index in [2.05, 4.69) is 155 Å². The van der Waals surface area contributed by atoms with Crippen LogP contribution in [0.25, 0.3) is 71.6 Å². The molecule has 9 aromatic carbocycles. The first-order chi connectivity index (χ1) is 30.7. The van der Waals surface area contributed by atoms with Gasteiger partial charge in [0.2, 0.25) is 0 Å². The smallest absolute Gasteiger partial charge is 0.162 e. The fraction of sp³-hybridized carbons (Fsp3) is 0.0351. The van der Waals surface area contributed by atoms with Gasteiger partial charge in [0.1, 0.15) is 0 Å². The molecule has 1 aliphatic rings. The maximum atomic E-state index is 5.28. The van der Waals surface area contributed by atoms with Crippen molar-refractivity contribution >= 4 is 62.3 Å². The van der Waals surface area contributed by atoms with Crippen LogP contribution in [0.4, 0.5) is 11.4 Å². The number of fused-ring (bicyclic) bond motifs is 6. The summed E-state index contributed by atoms with van der Waals surface area (Å²) in [6, 6.07) is 70.8. The van der Waals surface area contributed by atoms with Crippen LogP contribution in [-0.4, -0.2) is 30.0 Å². The first kappa shape index (κ1) is 36.9. The lowest BCUT2D eigenvalue weighted by Gasteiger charge is -2.22. The van der Waals surface area contributed by atoms with E-state index in [0.29, 0.717) is 11.7 Å². The van der Waals surface area contributed by atoms with Gasteiger partial charge in [-0.25, -0.2) is 15.0 Å². The largest absolute Gasteiger partial charge is 0.388 e. The van der Waals surface area contributed by atoms with Crippen LogP contribution in [0.3, 0.4) is 0 Å². The first-order valence-corrected chi connectivity index (χ1v) is 21.0. The molecule has 0 amide bonds. The average molecular weight is 796 g/mol. The topological polar surface area (TPSA) is 54.0 Å². The van der Waals surface area contributed by atoms with Gasteiger partial charge >= 0.3 is 0 Å². The highest BCUT2D eigenvalue weighted by atomic mass is 15.0. The summed E-state index contributed by atoms with van der Waals surface area (Å²) in [5, 5.41) is 8.61. The molecule has 62 heavy (non-hydrogen) atoms. The van der Waals surface area contributed by atoms with Crippen molar-refractivity contribution in [2.45, 2.75) is 6.42 Å². The molecule has 5 nitrogen and oxygen atoms in total. The quantitative estimate of drug-likeness (QED) is 0.127. The summed E-state index contributed by atoms with van der Waals surface area (Å²) in [6.45, 7) is 3.86. The number of hydrogen-bond donors (Lipinski definition) is 1. The molecule has 0 bridgehead atoms. The number of aliphatic imine (C=N–C) groups is 3. The molecule has 0 fully saturated rings. The lowest BCUT2D eigenvalue weighted by Crippen LogP contribution is -2.04. The van der Waals surface area contributed by atoms with Gasteiger partial charge in [0, 0.05) is 51.4 Å². The molecule has 294 valence electrons. The Balaban J connectivity index is 1.10. The molecule has 0 aliphatic heterocycles. The predicted octanol–water partition coefficient (Wildman–Crippen LogP) is 14.1. The lowest BCUT2D eigenvalue weighted by atomic mass is 9.82. The second kappa shape index (κ2) is 15.5. The highest BCUT2D eigenvalue weighted by Gasteiger charge is 2.24. The van der Waals surface area contributed by atoms with Gasteiger partial charge in [0.05, 0.1) is 16.7 Å². The van der Waals surface area contributed by atoms with E-state index in [1.165, 1.54) is 54.8 Å². The van der Waals surface area contributed by atoms with Crippen molar-refractivity contribution in [3.8, 4) is 39.1 Å². The van der Waals surface area contributed by atoms with Gasteiger partial charge in [-0.05, 0) is 106 Å². The van der Waals surface area contributed by atoms with Crippen LogP contribution in [0, 0.1) is 0 Å². The molecule has 0 spiro atoms. The number of anilines is 1. The summed E-state index contributed by atoms with van der Waals surface area (Å²) in [5.74, 6) is 1.06. The zero-order chi connectivity index (χ0) is 41.6. The molecule has 0 atom stereocenters. The third-order valence-corrected chi connectivity index (χ3v) is 12.1. The van der Waals surface area contributed by atoms with Crippen molar-refractivity contribution in [1.82, 2.24) is 4.57 Å². The standard InChI is InChI=1S/C57H41N5/c1-58-50-31-29-39(34-48(50)45-25-14-15-28-51(45)60-57(38-19-8-4-9-20-38)61-56(59-2)37-17-6-3-7-18-37)40-30-32-52-49(35-40)55-47-27-16-26-46-44-24-13-12-21-41(44)33-42(54(46)47)36-53(55)62(52)43-22-10-5-11-23-43/h3-32,34-36,58H,2,33H2,1H3/b60-57-,61-56-. The van der Waals surface area contributed by atoms with Crippen molar-refractivity contribution in [2.75, 3.05) is 12.4 Å². The third kappa shape index (κ3) is 6.30. The van der Waals surface area contributed by atoms with Crippen molar-refractivity contribution in [3.63, 3.8) is 0 Å². The van der Waals surface area contributed by atoms with Crippen molar-refractivity contribution in [1.29, 1.82) is 0 Å². The Morgan fingerprint density at radius 1 is 0.500 bits per heavy atom. The Labute approximate surface area is 360 Å². The fourth-order valence-corrected chi connectivity index (χ4v) is 9.31. The molecule has 10 aromatic rings. The Hall–Kier alpha value is -8.15. The fourth-order valence-electron chi connectivity index (χ4n) is 9.31. The summed E-state index contributed by atoms with van der Waals surface area (Å²) >= 11 is 0. The van der Waals surface area contributed by atoms with Crippen LogP contribution in [0.2, 0.25) is 0 Å². The second-order valence-corrected chi connectivity index (χ2v) is 15.7. The van der Waals surface area contributed by atoms with Gasteiger partial charge in [-0.1, -0.05) is 152 Å². The van der Waals surface area contributed by atoms with Gasteiger partial charge in [0.25, 0.3) is 0 Å². The van der Waals surface area contributed by atoms with E-state index in [1.54, 1.807) is 0 Å². The minimum Gasteiger partial charge on any atom is -0.388 e. The predicted molar refractivity (Wildman–Crippen MR) is 262 cm³/mol. The number of hydrogen-bond acceptors (Lipinski definition) is 2. The van der Waals surface area contributed by atoms with E-state index in [0.717, 1.165) is 56.9 Å². The van der Waals surface area contributed by atoms with Crippen molar-refractivity contribution in [2.24, 2.45) is 15.0 Å². The monoisotopic (exact) mass is 795 g/mol. The molecule has 5 heteroatoms. The molecule has 0 saturated carbocycles. The summed E-state index contributed by atoms with van der Waals surface area (Å²) < 4.78 is 2.44. The van der Waals surface area contributed by atoms with Crippen LogP contribution >= 0.6 is 0 Å². The molecular formula is C57H41N5. The molecule has 0 saturated heterocycles.